The molecule has 2 saturated heterocycles. The topological polar surface area (TPSA) is 93.3 Å². The summed E-state index contributed by atoms with van der Waals surface area (Å²) >= 11 is 0. The number of carbonyl (C=O) groups excluding carboxylic acids is 2. The monoisotopic (exact) mass is 491 g/mol. The van der Waals surface area contributed by atoms with Crippen LogP contribution in [-0.2, 0) is 19.6 Å². The second-order valence-corrected chi connectivity index (χ2v) is 11.8. The first-order valence-corrected chi connectivity index (χ1v) is 13.9. The quantitative estimate of drug-likeness (QED) is 0.623. The summed E-state index contributed by atoms with van der Waals surface area (Å²) < 4.78 is 26.7. The van der Waals surface area contributed by atoms with Gasteiger partial charge in [-0.25, -0.2) is 12.7 Å². The summed E-state index contributed by atoms with van der Waals surface area (Å²) in [6.07, 6.45) is 7.62. The van der Waals surface area contributed by atoms with Gasteiger partial charge in [-0.05, 0) is 63.4 Å². The Labute approximate surface area is 203 Å². The molecule has 3 aliphatic heterocycles. The molecule has 34 heavy (non-hydrogen) atoms. The maximum absolute atomic E-state index is 13.4. The molecule has 2 fully saturated rings. The number of amides is 2. The fraction of sp³-hybridized carbons (Fsp3) is 0.667. The third-order valence-electron chi connectivity index (χ3n) is 7.13. The van der Waals surface area contributed by atoms with Crippen LogP contribution in [0.1, 0.15) is 44.9 Å². The number of anilines is 2. The zero-order valence-corrected chi connectivity index (χ0v) is 21.1. The Bertz CT molecular complexity index is 1000. The SMILES string of the molecule is CN(C)S(=O)(=O)c1ccc2c(c1)N(CC(=O)NCCN1CCCCCC1)C(=O)C1CCCCN21. The van der Waals surface area contributed by atoms with Gasteiger partial charge in [0.1, 0.15) is 12.6 Å². The van der Waals surface area contributed by atoms with Crippen molar-refractivity contribution in [3.05, 3.63) is 18.2 Å². The summed E-state index contributed by atoms with van der Waals surface area (Å²) in [7, 11) is -0.703. The molecular formula is C24H37N5O4S. The first-order valence-electron chi connectivity index (χ1n) is 12.4. The fourth-order valence-electron chi connectivity index (χ4n) is 5.18. The molecule has 0 bridgehead atoms. The van der Waals surface area contributed by atoms with E-state index in [1.165, 1.54) is 50.7 Å². The molecule has 4 rings (SSSR count). The van der Waals surface area contributed by atoms with Crippen LogP contribution < -0.4 is 15.1 Å². The summed E-state index contributed by atoms with van der Waals surface area (Å²) in [5, 5.41) is 2.97. The Morgan fingerprint density at radius 1 is 1.03 bits per heavy atom. The van der Waals surface area contributed by atoms with Crippen molar-refractivity contribution in [2.75, 3.05) is 63.2 Å². The minimum Gasteiger partial charge on any atom is -0.358 e. The van der Waals surface area contributed by atoms with E-state index in [1.54, 1.807) is 12.1 Å². The molecule has 1 atom stereocenters. The summed E-state index contributed by atoms with van der Waals surface area (Å²) in [5.74, 6) is -0.353. The zero-order valence-electron chi connectivity index (χ0n) is 20.3. The van der Waals surface area contributed by atoms with Gasteiger partial charge in [-0.15, -0.1) is 0 Å². The van der Waals surface area contributed by atoms with Gasteiger partial charge in [0, 0.05) is 33.7 Å². The van der Waals surface area contributed by atoms with Gasteiger partial charge in [-0.2, -0.15) is 0 Å². The van der Waals surface area contributed by atoms with Crippen LogP contribution in [0, 0.1) is 0 Å². The highest BCUT2D eigenvalue weighted by molar-refractivity contribution is 7.89. The minimum absolute atomic E-state index is 0.109. The smallest absolute Gasteiger partial charge is 0.250 e. The standard InChI is InChI=1S/C24H37N5O4S/c1-26(2)34(32,33)19-10-11-20-22(17-19)29(24(31)21-9-5-8-15-28(20)21)18-23(30)25-12-16-27-13-6-3-4-7-14-27/h10-11,17,21H,3-9,12-16,18H2,1-2H3,(H,25,30). The van der Waals surface area contributed by atoms with E-state index in [4.69, 9.17) is 0 Å². The molecule has 10 heteroatoms. The summed E-state index contributed by atoms with van der Waals surface area (Å²) in [5.41, 5.74) is 1.31. The van der Waals surface area contributed by atoms with Crippen LogP contribution in [0.2, 0.25) is 0 Å². The van der Waals surface area contributed by atoms with Crippen LogP contribution in [0.25, 0.3) is 0 Å². The van der Waals surface area contributed by atoms with Gasteiger partial charge in [0.15, 0.2) is 0 Å². The fourth-order valence-corrected chi connectivity index (χ4v) is 6.11. The first kappa shape index (κ1) is 24.9. The van der Waals surface area contributed by atoms with Crippen LogP contribution in [0.15, 0.2) is 23.1 Å². The number of benzene rings is 1. The highest BCUT2D eigenvalue weighted by Gasteiger charge is 2.40. The van der Waals surface area contributed by atoms with Crippen molar-refractivity contribution in [2.45, 2.75) is 55.9 Å². The molecule has 0 saturated carbocycles. The lowest BCUT2D eigenvalue weighted by atomic mass is 9.96. The van der Waals surface area contributed by atoms with Gasteiger partial charge in [0.05, 0.1) is 16.3 Å². The number of hydrogen-bond acceptors (Lipinski definition) is 6. The summed E-state index contributed by atoms with van der Waals surface area (Å²) in [6.45, 7) is 4.11. The number of nitrogens with zero attached hydrogens (tertiary/aromatic N) is 4. The molecule has 1 aromatic rings. The van der Waals surface area contributed by atoms with E-state index in [9.17, 15) is 18.0 Å². The maximum atomic E-state index is 13.4. The second-order valence-electron chi connectivity index (χ2n) is 9.67. The number of fused-ring (bicyclic) bond motifs is 3. The Morgan fingerprint density at radius 3 is 2.44 bits per heavy atom. The Kier molecular flexibility index (Phi) is 7.79. The van der Waals surface area contributed by atoms with Crippen LogP contribution >= 0.6 is 0 Å². The number of likely N-dealkylation sites (tertiary alicyclic amines) is 1. The van der Waals surface area contributed by atoms with E-state index < -0.39 is 10.0 Å². The Hall–Kier alpha value is -2.17. The van der Waals surface area contributed by atoms with Gasteiger partial charge < -0.3 is 15.1 Å². The van der Waals surface area contributed by atoms with Crippen molar-refractivity contribution >= 4 is 33.2 Å². The maximum Gasteiger partial charge on any atom is 0.250 e. The molecule has 1 N–H and O–H groups in total. The van der Waals surface area contributed by atoms with Gasteiger partial charge in [-0.3, -0.25) is 14.5 Å². The molecular weight excluding hydrogens is 454 g/mol. The van der Waals surface area contributed by atoms with Crippen molar-refractivity contribution in [1.82, 2.24) is 14.5 Å². The molecule has 1 aromatic carbocycles. The molecule has 0 spiro atoms. The van der Waals surface area contributed by atoms with Gasteiger partial charge in [-0.1, -0.05) is 12.8 Å². The third-order valence-corrected chi connectivity index (χ3v) is 8.94. The van der Waals surface area contributed by atoms with E-state index in [0.29, 0.717) is 12.2 Å². The van der Waals surface area contributed by atoms with Gasteiger partial charge in [0.2, 0.25) is 21.8 Å². The first-order chi connectivity index (χ1) is 16.3. The minimum atomic E-state index is -3.67. The Balaban J connectivity index is 1.52. The Morgan fingerprint density at radius 2 is 1.74 bits per heavy atom. The molecule has 2 amide bonds. The van der Waals surface area contributed by atoms with E-state index >= 15 is 0 Å². The van der Waals surface area contributed by atoms with Crippen molar-refractivity contribution in [3.8, 4) is 0 Å². The van der Waals surface area contributed by atoms with Crippen molar-refractivity contribution < 1.29 is 18.0 Å². The number of rotatable bonds is 7. The number of hydrogen-bond donors (Lipinski definition) is 1. The highest BCUT2D eigenvalue weighted by Crippen LogP contribution is 2.40. The van der Waals surface area contributed by atoms with E-state index in [-0.39, 0.29) is 29.3 Å². The molecule has 3 heterocycles. The van der Waals surface area contributed by atoms with Crippen LogP contribution in [-0.4, -0.2) is 88.8 Å². The molecule has 0 aromatic heterocycles. The molecule has 188 valence electrons. The van der Waals surface area contributed by atoms with Crippen molar-refractivity contribution in [1.29, 1.82) is 0 Å². The number of carbonyl (C=O) groups is 2. The summed E-state index contributed by atoms with van der Waals surface area (Å²) in [4.78, 5) is 32.4. The van der Waals surface area contributed by atoms with E-state index in [2.05, 4.69) is 15.1 Å². The lowest BCUT2D eigenvalue weighted by Crippen LogP contribution is -2.57. The molecule has 0 radical (unpaired) electrons. The van der Waals surface area contributed by atoms with E-state index in [1.807, 2.05) is 0 Å². The lowest BCUT2D eigenvalue weighted by molar-refractivity contribution is -0.125. The average Bonchev–Trinajstić information content (AvgIpc) is 3.10. The predicted octanol–water partition coefficient (Wildman–Crippen LogP) is 1.63. The van der Waals surface area contributed by atoms with Crippen molar-refractivity contribution in [3.63, 3.8) is 0 Å². The second kappa shape index (κ2) is 10.6. The van der Waals surface area contributed by atoms with Gasteiger partial charge >= 0.3 is 0 Å². The zero-order chi connectivity index (χ0) is 24.3. The largest absolute Gasteiger partial charge is 0.358 e. The van der Waals surface area contributed by atoms with Crippen LogP contribution in [0.5, 0.6) is 0 Å². The molecule has 3 aliphatic rings. The third kappa shape index (κ3) is 5.23. The summed E-state index contributed by atoms with van der Waals surface area (Å²) in [6, 6.07) is 4.61. The highest BCUT2D eigenvalue weighted by atomic mass is 32.2. The predicted molar refractivity (Wildman–Crippen MR) is 133 cm³/mol. The van der Waals surface area contributed by atoms with Gasteiger partial charge in [0.25, 0.3) is 0 Å². The number of sulfonamides is 1. The molecule has 9 nitrogen and oxygen atoms in total. The van der Waals surface area contributed by atoms with Crippen molar-refractivity contribution in [2.24, 2.45) is 0 Å². The van der Waals surface area contributed by atoms with E-state index in [0.717, 1.165) is 55.4 Å². The number of piperidine rings is 1. The number of nitrogens with one attached hydrogen (secondary N) is 1. The molecule has 1 unspecified atom stereocenters. The normalized spacial score (nSPS) is 21.7. The molecule has 0 aliphatic carbocycles. The lowest BCUT2D eigenvalue weighted by Gasteiger charge is -2.45. The van der Waals surface area contributed by atoms with Crippen LogP contribution in [0.4, 0.5) is 11.4 Å². The van der Waals surface area contributed by atoms with Crippen LogP contribution in [0.3, 0.4) is 0 Å². The average molecular weight is 492 g/mol.